The van der Waals surface area contributed by atoms with Gasteiger partial charge in [0.15, 0.2) is 5.96 Å². The van der Waals surface area contributed by atoms with E-state index in [1.165, 1.54) is 32.4 Å². The van der Waals surface area contributed by atoms with Crippen LogP contribution in [-0.2, 0) is 6.54 Å². The lowest BCUT2D eigenvalue weighted by atomic mass is 10.1. The summed E-state index contributed by atoms with van der Waals surface area (Å²) in [5.74, 6) is 1.75. The number of rotatable bonds is 6. The summed E-state index contributed by atoms with van der Waals surface area (Å²) >= 11 is 0. The van der Waals surface area contributed by atoms with E-state index in [0.29, 0.717) is 6.54 Å². The van der Waals surface area contributed by atoms with Crippen LogP contribution in [0.15, 0.2) is 27.8 Å². The molecule has 0 saturated carbocycles. The molecule has 1 aromatic heterocycles. The van der Waals surface area contributed by atoms with Crippen molar-refractivity contribution in [2.45, 2.75) is 32.7 Å². The molecule has 1 aromatic rings. The number of piperidine rings is 1. The molecular formula is C15H26N4O. The Hall–Kier alpha value is -1.49. The zero-order valence-electron chi connectivity index (χ0n) is 12.4. The zero-order valence-corrected chi connectivity index (χ0v) is 12.4. The Kier molecular flexibility index (Phi) is 6.44. The van der Waals surface area contributed by atoms with Gasteiger partial charge in [-0.2, -0.15) is 0 Å². The van der Waals surface area contributed by atoms with Gasteiger partial charge in [0.25, 0.3) is 0 Å². The van der Waals surface area contributed by atoms with E-state index in [2.05, 4.69) is 27.4 Å². The minimum absolute atomic E-state index is 0.575. The normalized spacial score (nSPS) is 17.1. The van der Waals surface area contributed by atoms with Crippen molar-refractivity contribution in [3.63, 3.8) is 0 Å². The lowest BCUT2D eigenvalue weighted by molar-refractivity contribution is 0.232. The summed E-state index contributed by atoms with van der Waals surface area (Å²) in [4.78, 5) is 7.04. The summed E-state index contributed by atoms with van der Waals surface area (Å²) in [6.45, 7) is 8.02. The molecule has 0 aromatic carbocycles. The number of nitrogens with zero attached hydrogens (tertiary/aromatic N) is 2. The highest BCUT2D eigenvalue weighted by Gasteiger charge is 2.09. The summed E-state index contributed by atoms with van der Waals surface area (Å²) in [6.07, 6.45) is 5.75. The summed E-state index contributed by atoms with van der Waals surface area (Å²) in [6, 6.07) is 3.84. The largest absolute Gasteiger partial charge is 0.467 e. The van der Waals surface area contributed by atoms with E-state index in [-0.39, 0.29) is 0 Å². The number of hydrogen-bond acceptors (Lipinski definition) is 3. The van der Waals surface area contributed by atoms with Crippen molar-refractivity contribution in [3.05, 3.63) is 24.2 Å². The van der Waals surface area contributed by atoms with Gasteiger partial charge in [-0.1, -0.05) is 6.42 Å². The van der Waals surface area contributed by atoms with Crippen molar-refractivity contribution in [1.29, 1.82) is 0 Å². The molecule has 5 heteroatoms. The third kappa shape index (κ3) is 5.25. The van der Waals surface area contributed by atoms with Crippen molar-refractivity contribution in [3.8, 4) is 0 Å². The molecule has 5 nitrogen and oxygen atoms in total. The van der Waals surface area contributed by atoms with Gasteiger partial charge < -0.3 is 20.0 Å². The average Bonchev–Trinajstić information content (AvgIpc) is 2.99. The summed E-state index contributed by atoms with van der Waals surface area (Å²) < 4.78 is 5.29. The quantitative estimate of drug-likeness (QED) is 0.615. The summed E-state index contributed by atoms with van der Waals surface area (Å²) in [5, 5.41) is 6.65. The van der Waals surface area contributed by atoms with E-state index < -0.39 is 0 Å². The van der Waals surface area contributed by atoms with Crippen LogP contribution in [-0.4, -0.2) is 43.6 Å². The minimum Gasteiger partial charge on any atom is -0.467 e. The van der Waals surface area contributed by atoms with Crippen molar-refractivity contribution in [1.82, 2.24) is 15.5 Å². The Morgan fingerprint density at radius 1 is 1.30 bits per heavy atom. The molecule has 1 fully saturated rings. The molecule has 0 unspecified atom stereocenters. The first kappa shape index (κ1) is 14.9. The van der Waals surface area contributed by atoms with Crippen molar-refractivity contribution in [2.75, 3.05) is 32.7 Å². The second-order valence-corrected chi connectivity index (χ2v) is 5.10. The minimum atomic E-state index is 0.575. The molecule has 1 aliphatic heterocycles. The Morgan fingerprint density at radius 2 is 2.15 bits per heavy atom. The Morgan fingerprint density at radius 3 is 2.85 bits per heavy atom. The van der Waals surface area contributed by atoms with Crippen LogP contribution in [0, 0.1) is 0 Å². The highest BCUT2D eigenvalue weighted by atomic mass is 16.3. The number of guanidine groups is 1. The van der Waals surface area contributed by atoms with Crippen LogP contribution >= 0.6 is 0 Å². The third-order valence-corrected chi connectivity index (χ3v) is 3.49. The van der Waals surface area contributed by atoms with E-state index in [1.54, 1.807) is 6.26 Å². The standard InChI is InChI=1S/C15H26N4O/c1-2-16-15(18-13-14-7-6-12-20-14)17-8-11-19-9-4-3-5-10-19/h6-7,12H,2-5,8-11,13H2,1H3,(H2,16,17,18). The summed E-state index contributed by atoms with van der Waals surface area (Å²) in [7, 11) is 0. The smallest absolute Gasteiger partial charge is 0.191 e. The monoisotopic (exact) mass is 278 g/mol. The molecule has 0 aliphatic carbocycles. The first-order valence-corrected chi connectivity index (χ1v) is 7.65. The molecule has 0 spiro atoms. The summed E-state index contributed by atoms with van der Waals surface area (Å²) in [5.41, 5.74) is 0. The molecule has 1 aliphatic rings. The maximum Gasteiger partial charge on any atom is 0.191 e. The molecule has 0 amide bonds. The van der Waals surface area contributed by atoms with Gasteiger partial charge in [0.2, 0.25) is 0 Å². The highest BCUT2D eigenvalue weighted by Crippen LogP contribution is 2.07. The fourth-order valence-electron chi connectivity index (χ4n) is 2.42. The number of hydrogen-bond donors (Lipinski definition) is 2. The fourth-order valence-corrected chi connectivity index (χ4v) is 2.42. The zero-order chi connectivity index (χ0) is 14.0. The van der Waals surface area contributed by atoms with Crippen LogP contribution in [0.2, 0.25) is 0 Å². The van der Waals surface area contributed by atoms with Gasteiger partial charge >= 0.3 is 0 Å². The second kappa shape index (κ2) is 8.64. The van der Waals surface area contributed by atoms with Crippen LogP contribution in [0.1, 0.15) is 31.9 Å². The fraction of sp³-hybridized carbons (Fsp3) is 0.667. The molecule has 0 bridgehead atoms. The lowest BCUT2D eigenvalue weighted by Gasteiger charge is -2.26. The first-order chi connectivity index (χ1) is 9.88. The highest BCUT2D eigenvalue weighted by molar-refractivity contribution is 5.79. The van der Waals surface area contributed by atoms with E-state index in [1.807, 2.05) is 12.1 Å². The number of likely N-dealkylation sites (tertiary alicyclic amines) is 1. The molecule has 0 atom stereocenters. The molecule has 112 valence electrons. The van der Waals surface area contributed by atoms with E-state index in [4.69, 9.17) is 4.42 Å². The predicted molar refractivity (Wildman–Crippen MR) is 81.8 cm³/mol. The maximum absolute atomic E-state index is 5.29. The van der Waals surface area contributed by atoms with Gasteiger partial charge in [-0.15, -0.1) is 0 Å². The van der Waals surface area contributed by atoms with Gasteiger partial charge in [0.05, 0.1) is 6.26 Å². The number of aliphatic imine (C=N–C) groups is 1. The topological polar surface area (TPSA) is 52.8 Å². The SMILES string of the molecule is CCNC(=NCc1ccco1)NCCN1CCCCC1. The van der Waals surface area contributed by atoms with E-state index >= 15 is 0 Å². The van der Waals surface area contributed by atoms with Gasteiger partial charge in [0, 0.05) is 19.6 Å². The molecule has 2 N–H and O–H groups in total. The first-order valence-electron chi connectivity index (χ1n) is 7.65. The van der Waals surface area contributed by atoms with E-state index in [9.17, 15) is 0 Å². The van der Waals surface area contributed by atoms with Gasteiger partial charge in [-0.3, -0.25) is 0 Å². The maximum atomic E-state index is 5.29. The third-order valence-electron chi connectivity index (χ3n) is 3.49. The molecule has 0 radical (unpaired) electrons. The number of nitrogens with one attached hydrogen (secondary N) is 2. The number of furan rings is 1. The van der Waals surface area contributed by atoms with Crippen LogP contribution < -0.4 is 10.6 Å². The lowest BCUT2D eigenvalue weighted by Crippen LogP contribution is -2.42. The van der Waals surface area contributed by atoms with Gasteiger partial charge in [-0.05, 0) is 45.0 Å². The van der Waals surface area contributed by atoms with Crippen LogP contribution in [0.5, 0.6) is 0 Å². The second-order valence-electron chi connectivity index (χ2n) is 5.10. The Bertz CT molecular complexity index is 383. The average molecular weight is 278 g/mol. The molecular weight excluding hydrogens is 252 g/mol. The molecule has 20 heavy (non-hydrogen) atoms. The van der Waals surface area contributed by atoms with Crippen molar-refractivity contribution < 1.29 is 4.42 Å². The van der Waals surface area contributed by atoms with Crippen LogP contribution in [0.3, 0.4) is 0 Å². The molecule has 1 saturated heterocycles. The van der Waals surface area contributed by atoms with Gasteiger partial charge in [-0.25, -0.2) is 4.99 Å². The van der Waals surface area contributed by atoms with E-state index in [0.717, 1.165) is 31.4 Å². The molecule has 2 rings (SSSR count). The Labute approximate surface area is 121 Å². The molecule has 2 heterocycles. The van der Waals surface area contributed by atoms with Crippen LogP contribution in [0.4, 0.5) is 0 Å². The van der Waals surface area contributed by atoms with Crippen molar-refractivity contribution >= 4 is 5.96 Å². The van der Waals surface area contributed by atoms with Gasteiger partial charge in [0.1, 0.15) is 12.3 Å². The Balaban J connectivity index is 1.72. The predicted octanol–water partition coefficient (Wildman–Crippen LogP) is 1.82. The van der Waals surface area contributed by atoms with Crippen LogP contribution in [0.25, 0.3) is 0 Å². The van der Waals surface area contributed by atoms with Crippen molar-refractivity contribution in [2.24, 2.45) is 4.99 Å².